The van der Waals surface area contributed by atoms with E-state index in [9.17, 15) is 14.7 Å². The van der Waals surface area contributed by atoms with Crippen LogP contribution in [0, 0.1) is 6.92 Å². The average molecular weight is 490 g/mol. The third kappa shape index (κ3) is 4.67. The minimum absolute atomic E-state index is 0.130. The fourth-order valence-corrected chi connectivity index (χ4v) is 5.04. The molecule has 8 nitrogen and oxygen atoms in total. The van der Waals surface area contributed by atoms with E-state index in [2.05, 4.69) is 15.4 Å². The summed E-state index contributed by atoms with van der Waals surface area (Å²) in [6.07, 6.45) is 2.19. The Labute approximate surface area is 210 Å². The average Bonchev–Trinajstić information content (AvgIpc) is 3.64. The van der Waals surface area contributed by atoms with Gasteiger partial charge in [0.2, 0.25) is 0 Å². The number of hydrogen-bond acceptors (Lipinski definition) is 6. The number of aliphatic carboxylic acids is 1. The van der Waals surface area contributed by atoms with Crippen LogP contribution in [0.1, 0.15) is 67.2 Å². The Kier molecular flexibility index (Phi) is 6.43. The molecular weight excluding hydrogens is 458 g/mol. The zero-order chi connectivity index (χ0) is 25.3. The second-order valence-corrected chi connectivity index (χ2v) is 9.79. The molecular formula is C28H31N3O5. The quantitative estimate of drug-likeness (QED) is 0.433. The molecule has 1 amide bonds. The maximum Gasteiger partial charge on any atom is 0.412 e. The summed E-state index contributed by atoms with van der Waals surface area (Å²) in [4.78, 5) is 26.5. The van der Waals surface area contributed by atoms with Crippen LogP contribution in [0.15, 0.2) is 59.1 Å². The maximum absolute atomic E-state index is 12.6. The second-order valence-electron chi connectivity index (χ2n) is 9.79. The number of aromatic nitrogens is 1. The van der Waals surface area contributed by atoms with Gasteiger partial charge in [0.05, 0.1) is 5.41 Å². The van der Waals surface area contributed by atoms with Gasteiger partial charge < -0.3 is 19.3 Å². The van der Waals surface area contributed by atoms with Crippen LogP contribution in [0.25, 0.3) is 0 Å². The number of piperidine rings is 1. The van der Waals surface area contributed by atoms with Crippen molar-refractivity contribution in [2.45, 2.75) is 57.0 Å². The van der Waals surface area contributed by atoms with Crippen LogP contribution < -0.4 is 10.2 Å². The number of rotatable bonds is 7. The molecule has 0 unspecified atom stereocenters. The van der Waals surface area contributed by atoms with E-state index < -0.39 is 17.5 Å². The van der Waals surface area contributed by atoms with Crippen molar-refractivity contribution in [1.82, 2.24) is 5.16 Å². The first-order chi connectivity index (χ1) is 17.4. The van der Waals surface area contributed by atoms with Crippen LogP contribution >= 0.6 is 0 Å². The van der Waals surface area contributed by atoms with Crippen molar-refractivity contribution >= 4 is 23.4 Å². The molecule has 8 heteroatoms. The molecule has 1 aliphatic carbocycles. The fourth-order valence-electron chi connectivity index (χ4n) is 5.04. The third-order valence-corrected chi connectivity index (χ3v) is 7.48. The topological polar surface area (TPSA) is 105 Å². The smallest absolute Gasteiger partial charge is 0.412 e. The summed E-state index contributed by atoms with van der Waals surface area (Å²) in [6.45, 7) is 5.29. The molecule has 3 aromatic rings. The molecule has 2 fully saturated rings. The maximum atomic E-state index is 12.6. The predicted molar refractivity (Wildman–Crippen MR) is 135 cm³/mol. The molecule has 0 bridgehead atoms. The molecule has 1 saturated heterocycles. The highest BCUT2D eigenvalue weighted by Gasteiger charge is 2.51. The minimum Gasteiger partial charge on any atom is -0.481 e. The molecule has 2 aromatic carbocycles. The van der Waals surface area contributed by atoms with E-state index in [0.717, 1.165) is 42.7 Å². The van der Waals surface area contributed by atoms with Crippen LogP contribution in [0.4, 0.5) is 16.2 Å². The van der Waals surface area contributed by atoms with Gasteiger partial charge in [-0.1, -0.05) is 47.6 Å². The van der Waals surface area contributed by atoms with E-state index >= 15 is 0 Å². The van der Waals surface area contributed by atoms with Crippen LogP contribution in [-0.2, 0) is 14.9 Å². The SMILES string of the molecule is Cc1noc(C2CCN(c3ccc(C4(C(=O)O)CC4)cc3)CC2)c1NC(=O)O[C@H](C)c1ccccc1. The number of anilines is 2. The number of carbonyl (C=O) groups is 2. The van der Waals surface area contributed by atoms with Crippen LogP contribution in [0.2, 0.25) is 0 Å². The van der Waals surface area contributed by atoms with Crippen molar-refractivity contribution in [3.8, 4) is 0 Å². The molecule has 1 aliphatic heterocycles. The Morgan fingerprint density at radius 1 is 1.11 bits per heavy atom. The van der Waals surface area contributed by atoms with Gasteiger partial charge in [-0.05, 0) is 62.8 Å². The Balaban J connectivity index is 1.20. The summed E-state index contributed by atoms with van der Waals surface area (Å²) in [7, 11) is 0. The van der Waals surface area contributed by atoms with Gasteiger partial charge in [-0.3, -0.25) is 10.1 Å². The molecule has 0 spiro atoms. The fraction of sp³-hybridized carbons (Fsp3) is 0.393. The van der Waals surface area contributed by atoms with Crippen molar-refractivity contribution in [1.29, 1.82) is 0 Å². The summed E-state index contributed by atoms with van der Waals surface area (Å²) in [5, 5.41) is 16.5. The molecule has 2 heterocycles. The van der Waals surface area contributed by atoms with Gasteiger partial charge in [0, 0.05) is 24.7 Å². The summed E-state index contributed by atoms with van der Waals surface area (Å²) in [5.41, 5.74) is 3.43. The molecule has 2 aliphatic rings. The number of hydrogen-bond donors (Lipinski definition) is 2. The normalized spacial score (nSPS) is 17.9. The number of ether oxygens (including phenoxy) is 1. The lowest BCUT2D eigenvalue weighted by atomic mass is 9.92. The Morgan fingerprint density at radius 3 is 2.39 bits per heavy atom. The van der Waals surface area contributed by atoms with Crippen molar-refractivity contribution in [2.75, 3.05) is 23.3 Å². The lowest BCUT2D eigenvalue weighted by Crippen LogP contribution is -2.33. The first-order valence-electron chi connectivity index (χ1n) is 12.4. The Morgan fingerprint density at radius 2 is 1.78 bits per heavy atom. The predicted octanol–water partition coefficient (Wildman–Crippen LogP) is 5.79. The number of aryl methyl sites for hydroxylation is 1. The first kappa shape index (κ1) is 23.9. The van der Waals surface area contributed by atoms with E-state index in [0.29, 0.717) is 30.0 Å². The van der Waals surface area contributed by atoms with Gasteiger partial charge in [0.15, 0.2) is 5.76 Å². The third-order valence-electron chi connectivity index (χ3n) is 7.48. The molecule has 1 saturated carbocycles. The number of nitrogens with one attached hydrogen (secondary N) is 1. The molecule has 188 valence electrons. The molecule has 36 heavy (non-hydrogen) atoms. The molecule has 1 atom stereocenters. The molecule has 1 aromatic heterocycles. The van der Waals surface area contributed by atoms with Gasteiger partial charge in [-0.15, -0.1) is 0 Å². The minimum atomic E-state index is -0.735. The number of benzene rings is 2. The number of nitrogens with zero attached hydrogens (tertiary/aromatic N) is 2. The number of carboxylic acids is 1. The summed E-state index contributed by atoms with van der Waals surface area (Å²) in [5.74, 6) is 0.0792. The van der Waals surface area contributed by atoms with E-state index in [4.69, 9.17) is 9.26 Å². The van der Waals surface area contributed by atoms with Crippen molar-refractivity contribution in [3.05, 3.63) is 77.2 Å². The van der Waals surface area contributed by atoms with Crippen LogP contribution in [-0.4, -0.2) is 35.4 Å². The van der Waals surface area contributed by atoms with E-state index in [1.54, 1.807) is 0 Å². The highest BCUT2D eigenvalue weighted by atomic mass is 16.6. The zero-order valence-electron chi connectivity index (χ0n) is 20.6. The van der Waals surface area contributed by atoms with E-state index in [-0.39, 0.29) is 12.0 Å². The number of carboxylic acid groups (broad SMARTS) is 1. The summed E-state index contributed by atoms with van der Waals surface area (Å²) in [6, 6.07) is 17.5. The van der Waals surface area contributed by atoms with Crippen molar-refractivity contribution in [3.63, 3.8) is 0 Å². The van der Waals surface area contributed by atoms with Gasteiger partial charge >= 0.3 is 12.1 Å². The van der Waals surface area contributed by atoms with E-state index in [1.165, 1.54) is 0 Å². The largest absolute Gasteiger partial charge is 0.481 e. The number of carbonyl (C=O) groups excluding carboxylic acids is 1. The zero-order valence-corrected chi connectivity index (χ0v) is 20.6. The lowest BCUT2D eigenvalue weighted by Gasteiger charge is -2.33. The van der Waals surface area contributed by atoms with Crippen molar-refractivity contribution in [2.24, 2.45) is 0 Å². The monoisotopic (exact) mass is 489 g/mol. The Hall–Kier alpha value is -3.81. The molecule has 2 N–H and O–H groups in total. The van der Waals surface area contributed by atoms with Crippen LogP contribution in [0.3, 0.4) is 0 Å². The highest BCUT2D eigenvalue weighted by molar-refractivity contribution is 5.86. The number of amides is 1. The van der Waals surface area contributed by atoms with Gasteiger partial charge in [0.1, 0.15) is 17.5 Å². The molecule has 5 rings (SSSR count). The molecule has 0 radical (unpaired) electrons. The van der Waals surface area contributed by atoms with E-state index in [1.807, 2.05) is 68.4 Å². The van der Waals surface area contributed by atoms with Crippen molar-refractivity contribution < 1.29 is 24.0 Å². The van der Waals surface area contributed by atoms with Crippen LogP contribution in [0.5, 0.6) is 0 Å². The lowest BCUT2D eigenvalue weighted by molar-refractivity contribution is -0.140. The summed E-state index contributed by atoms with van der Waals surface area (Å²) >= 11 is 0. The highest BCUT2D eigenvalue weighted by Crippen LogP contribution is 2.48. The standard InChI is InChI=1S/C28H31N3O5/c1-18-24(29-27(34)35-19(2)20-6-4-3-5-7-20)25(36-30-18)21-12-16-31(17-13-21)23-10-8-22(9-11-23)28(14-15-28)26(32)33/h3-11,19,21H,12-17H2,1-2H3,(H,29,34)(H,32,33)/t19-/m1/s1. The van der Waals surface area contributed by atoms with Gasteiger partial charge in [-0.25, -0.2) is 4.79 Å². The summed E-state index contributed by atoms with van der Waals surface area (Å²) < 4.78 is 11.2. The second kappa shape index (κ2) is 9.68. The van der Waals surface area contributed by atoms with Gasteiger partial charge in [0.25, 0.3) is 0 Å². The van der Waals surface area contributed by atoms with Gasteiger partial charge in [-0.2, -0.15) is 0 Å². The Bertz CT molecular complexity index is 1230. The first-order valence-corrected chi connectivity index (χ1v) is 12.4.